The predicted molar refractivity (Wildman–Crippen MR) is 81.8 cm³/mol. The second-order valence-electron chi connectivity index (χ2n) is 5.72. The SMILES string of the molecule is CC1CCCC(OCCC(=O)Nc2ccccc2C#N)C1. The first kappa shape index (κ1) is 15.5. The number of para-hydroxylation sites is 1. The molecule has 2 unspecified atom stereocenters. The van der Waals surface area contributed by atoms with Gasteiger partial charge in [-0.05, 0) is 30.9 Å². The summed E-state index contributed by atoms with van der Waals surface area (Å²) in [5, 5.41) is 11.7. The molecule has 0 saturated heterocycles. The van der Waals surface area contributed by atoms with Crippen molar-refractivity contribution in [1.29, 1.82) is 5.26 Å². The van der Waals surface area contributed by atoms with Crippen LogP contribution in [0.3, 0.4) is 0 Å². The van der Waals surface area contributed by atoms with Gasteiger partial charge in [0.05, 0.1) is 30.4 Å². The predicted octanol–water partition coefficient (Wildman–Crippen LogP) is 3.48. The summed E-state index contributed by atoms with van der Waals surface area (Å²) < 4.78 is 5.79. The minimum absolute atomic E-state index is 0.110. The molecule has 4 nitrogen and oxygen atoms in total. The molecule has 0 heterocycles. The Kier molecular flexibility index (Phi) is 5.77. The number of nitriles is 1. The number of hydrogen-bond acceptors (Lipinski definition) is 3. The van der Waals surface area contributed by atoms with Crippen LogP contribution in [0.4, 0.5) is 5.69 Å². The lowest BCUT2D eigenvalue weighted by Gasteiger charge is -2.26. The van der Waals surface area contributed by atoms with Crippen molar-refractivity contribution >= 4 is 11.6 Å². The van der Waals surface area contributed by atoms with Crippen molar-refractivity contribution in [3.63, 3.8) is 0 Å². The Hall–Kier alpha value is -1.86. The Morgan fingerprint density at radius 2 is 2.24 bits per heavy atom. The van der Waals surface area contributed by atoms with Crippen LogP contribution in [0.15, 0.2) is 24.3 Å². The van der Waals surface area contributed by atoms with Gasteiger partial charge in [0, 0.05) is 0 Å². The lowest BCUT2D eigenvalue weighted by atomic mass is 9.89. The fourth-order valence-electron chi connectivity index (χ4n) is 2.75. The highest BCUT2D eigenvalue weighted by atomic mass is 16.5. The number of rotatable bonds is 5. The molecular weight excluding hydrogens is 264 g/mol. The zero-order chi connectivity index (χ0) is 15.1. The summed E-state index contributed by atoms with van der Waals surface area (Å²) in [4.78, 5) is 11.9. The van der Waals surface area contributed by atoms with Gasteiger partial charge >= 0.3 is 0 Å². The second-order valence-corrected chi connectivity index (χ2v) is 5.72. The van der Waals surface area contributed by atoms with E-state index in [4.69, 9.17) is 10.00 Å². The number of hydrogen-bond donors (Lipinski definition) is 1. The molecule has 1 saturated carbocycles. The zero-order valence-electron chi connectivity index (χ0n) is 12.5. The molecule has 1 amide bonds. The molecule has 0 aliphatic heterocycles. The van der Waals surface area contributed by atoms with Crippen LogP contribution in [0.2, 0.25) is 0 Å². The standard InChI is InChI=1S/C17H22N2O2/c1-13-5-4-7-15(11-13)21-10-9-17(20)19-16-8-3-2-6-14(16)12-18/h2-3,6,8,13,15H,4-5,7,9-11H2,1H3,(H,19,20). The van der Waals surface area contributed by atoms with E-state index in [2.05, 4.69) is 18.3 Å². The van der Waals surface area contributed by atoms with Gasteiger partial charge in [0.25, 0.3) is 0 Å². The molecule has 4 heteroatoms. The van der Waals surface area contributed by atoms with Crippen LogP contribution in [-0.2, 0) is 9.53 Å². The molecular formula is C17H22N2O2. The Balaban J connectivity index is 1.74. The Morgan fingerprint density at radius 3 is 3.00 bits per heavy atom. The molecule has 2 atom stereocenters. The summed E-state index contributed by atoms with van der Waals surface area (Å²) in [6, 6.07) is 9.08. The summed E-state index contributed by atoms with van der Waals surface area (Å²) in [7, 11) is 0. The molecule has 0 radical (unpaired) electrons. The molecule has 1 fully saturated rings. The van der Waals surface area contributed by atoms with E-state index in [1.165, 1.54) is 12.8 Å². The van der Waals surface area contributed by atoms with Crippen molar-refractivity contribution in [3.8, 4) is 6.07 Å². The molecule has 21 heavy (non-hydrogen) atoms. The number of nitrogens with zero attached hydrogens (tertiary/aromatic N) is 1. The number of carbonyl (C=O) groups is 1. The van der Waals surface area contributed by atoms with Gasteiger partial charge in [-0.2, -0.15) is 5.26 Å². The molecule has 1 aromatic carbocycles. The third-order valence-corrected chi connectivity index (χ3v) is 3.89. The number of benzene rings is 1. The van der Waals surface area contributed by atoms with Crippen molar-refractivity contribution in [2.45, 2.75) is 45.1 Å². The van der Waals surface area contributed by atoms with Gasteiger partial charge in [-0.15, -0.1) is 0 Å². The molecule has 1 aromatic rings. The van der Waals surface area contributed by atoms with Gasteiger partial charge < -0.3 is 10.1 Å². The van der Waals surface area contributed by atoms with E-state index >= 15 is 0 Å². The van der Waals surface area contributed by atoms with E-state index in [-0.39, 0.29) is 5.91 Å². The average molecular weight is 286 g/mol. The van der Waals surface area contributed by atoms with Crippen molar-refractivity contribution < 1.29 is 9.53 Å². The van der Waals surface area contributed by atoms with Gasteiger partial charge in [0.1, 0.15) is 6.07 Å². The summed E-state index contributed by atoms with van der Waals surface area (Å²) in [5.74, 6) is 0.613. The van der Waals surface area contributed by atoms with Gasteiger partial charge in [-0.3, -0.25) is 4.79 Å². The van der Waals surface area contributed by atoms with Crippen LogP contribution in [0.1, 0.15) is 44.6 Å². The number of anilines is 1. The Morgan fingerprint density at radius 1 is 1.43 bits per heavy atom. The third-order valence-electron chi connectivity index (χ3n) is 3.89. The fourth-order valence-corrected chi connectivity index (χ4v) is 2.75. The number of nitrogens with one attached hydrogen (secondary N) is 1. The lowest BCUT2D eigenvalue weighted by Crippen LogP contribution is -2.23. The zero-order valence-corrected chi connectivity index (χ0v) is 12.5. The van der Waals surface area contributed by atoms with E-state index < -0.39 is 0 Å². The van der Waals surface area contributed by atoms with E-state index in [0.29, 0.717) is 30.4 Å². The molecule has 2 rings (SSSR count). The summed E-state index contributed by atoms with van der Waals surface area (Å²) in [6.07, 6.45) is 5.32. The molecule has 0 bridgehead atoms. The topological polar surface area (TPSA) is 62.1 Å². The highest BCUT2D eigenvalue weighted by Crippen LogP contribution is 2.25. The maximum absolute atomic E-state index is 11.9. The van der Waals surface area contributed by atoms with Gasteiger partial charge in [-0.1, -0.05) is 31.9 Å². The summed E-state index contributed by atoms with van der Waals surface area (Å²) in [6.45, 7) is 2.69. The van der Waals surface area contributed by atoms with Crippen molar-refractivity contribution in [2.75, 3.05) is 11.9 Å². The number of carbonyl (C=O) groups excluding carboxylic acids is 1. The fraction of sp³-hybridized carbons (Fsp3) is 0.529. The maximum atomic E-state index is 11.9. The first-order chi connectivity index (χ1) is 10.2. The van der Waals surface area contributed by atoms with Crippen molar-refractivity contribution in [3.05, 3.63) is 29.8 Å². The van der Waals surface area contributed by atoms with E-state index in [1.54, 1.807) is 24.3 Å². The third kappa shape index (κ3) is 4.87. The number of amides is 1. The van der Waals surface area contributed by atoms with Crippen LogP contribution >= 0.6 is 0 Å². The molecule has 1 aliphatic rings. The minimum Gasteiger partial charge on any atom is -0.378 e. The normalized spacial score (nSPS) is 21.5. The smallest absolute Gasteiger partial charge is 0.226 e. The van der Waals surface area contributed by atoms with Gasteiger partial charge in [0.2, 0.25) is 5.91 Å². The quantitative estimate of drug-likeness (QED) is 0.901. The van der Waals surface area contributed by atoms with Crippen molar-refractivity contribution in [1.82, 2.24) is 0 Å². The summed E-state index contributed by atoms with van der Waals surface area (Å²) >= 11 is 0. The van der Waals surface area contributed by atoms with Gasteiger partial charge in [-0.25, -0.2) is 0 Å². The molecule has 0 spiro atoms. The maximum Gasteiger partial charge on any atom is 0.226 e. The van der Waals surface area contributed by atoms with Gasteiger partial charge in [0.15, 0.2) is 0 Å². The molecule has 1 N–H and O–H groups in total. The van der Waals surface area contributed by atoms with Crippen LogP contribution < -0.4 is 5.32 Å². The molecule has 0 aromatic heterocycles. The van der Waals surface area contributed by atoms with E-state index in [9.17, 15) is 4.79 Å². The van der Waals surface area contributed by atoms with Crippen LogP contribution in [0, 0.1) is 17.2 Å². The second kappa shape index (κ2) is 7.80. The van der Waals surface area contributed by atoms with Crippen LogP contribution in [0.5, 0.6) is 0 Å². The lowest BCUT2D eigenvalue weighted by molar-refractivity contribution is -0.117. The highest BCUT2D eigenvalue weighted by Gasteiger charge is 2.19. The number of ether oxygens (including phenoxy) is 1. The first-order valence-corrected chi connectivity index (χ1v) is 7.59. The Labute approximate surface area is 126 Å². The summed E-state index contributed by atoms with van der Waals surface area (Å²) in [5.41, 5.74) is 1.05. The Bertz CT molecular complexity index is 522. The van der Waals surface area contributed by atoms with Crippen molar-refractivity contribution in [2.24, 2.45) is 5.92 Å². The molecule has 112 valence electrons. The molecule has 1 aliphatic carbocycles. The van der Waals surface area contributed by atoms with Crippen LogP contribution in [0.25, 0.3) is 0 Å². The monoisotopic (exact) mass is 286 g/mol. The first-order valence-electron chi connectivity index (χ1n) is 7.59. The van der Waals surface area contributed by atoms with Crippen LogP contribution in [-0.4, -0.2) is 18.6 Å². The minimum atomic E-state index is -0.110. The van der Waals surface area contributed by atoms with E-state index in [1.807, 2.05) is 0 Å². The average Bonchev–Trinajstić information content (AvgIpc) is 2.48. The van der Waals surface area contributed by atoms with E-state index in [0.717, 1.165) is 18.8 Å². The largest absolute Gasteiger partial charge is 0.378 e. The highest BCUT2D eigenvalue weighted by molar-refractivity contribution is 5.92.